The van der Waals surface area contributed by atoms with Gasteiger partial charge in [0, 0.05) is 12.5 Å². The molecular formula is C29H32OSi2. The number of benzene rings is 3. The molecule has 3 heteroatoms. The molecule has 2 aliphatic carbocycles. The summed E-state index contributed by atoms with van der Waals surface area (Å²) in [6.45, 7) is 12.8. The van der Waals surface area contributed by atoms with Crippen LogP contribution < -0.4 is 10.4 Å². The summed E-state index contributed by atoms with van der Waals surface area (Å²) in [7, 11) is -2.95. The van der Waals surface area contributed by atoms with Gasteiger partial charge < -0.3 is 4.43 Å². The first-order chi connectivity index (χ1) is 15.3. The average Bonchev–Trinajstić information content (AvgIpc) is 3.05. The SMILES string of the molecule is C[Si](C)(C)OCCC1=Cc2ccccc2C1c1c2c(cc3c1[Si]3(C)C)-c1ccccc1C2. The zero-order valence-corrected chi connectivity index (χ0v) is 21.9. The van der Waals surface area contributed by atoms with E-state index in [2.05, 4.69) is 93.4 Å². The Hall–Kier alpha value is -2.21. The Morgan fingerprint density at radius 1 is 0.969 bits per heavy atom. The van der Waals surface area contributed by atoms with E-state index in [9.17, 15) is 0 Å². The summed E-state index contributed by atoms with van der Waals surface area (Å²) in [5, 5.41) is 3.42. The summed E-state index contributed by atoms with van der Waals surface area (Å²) < 4.78 is 6.31. The third kappa shape index (κ3) is 3.06. The van der Waals surface area contributed by atoms with Crippen LogP contribution in [0.1, 0.15) is 40.2 Å². The van der Waals surface area contributed by atoms with Crippen LogP contribution in [0.4, 0.5) is 0 Å². The maximum absolute atomic E-state index is 6.31. The molecule has 1 heterocycles. The summed E-state index contributed by atoms with van der Waals surface area (Å²) in [5.41, 5.74) is 12.2. The van der Waals surface area contributed by atoms with Crippen LogP contribution in [-0.4, -0.2) is 23.0 Å². The molecule has 0 radical (unpaired) electrons. The molecule has 0 fully saturated rings. The van der Waals surface area contributed by atoms with E-state index >= 15 is 0 Å². The molecule has 0 spiro atoms. The fourth-order valence-electron chi connectivity index (χ4n) is 6.06. The largest absolute Gasteiger partial charge is 0.417 e. The minimum absolute atomic E-state index is 0.392. The zero-order chi connectivity index (χ0) is 22.3. The second kappa shape index (κ2) is 6.90. The summed E-state index contributed by atoms with van der Waals surface area (Å²) >= 11 is 0. The lowest BCUT2D eigenvalue weighted by atomic mass is 9.83. The molecule has 0 saturated carbocycles. The van der Waals surface area contributed by atoms with Crippen LogP contribution in [-0.2, 0) is 10.8 Å². The number of hydrogen-bond acceptors (Lipinski definition) is 1. The summed E-state index contributed by atoms with van der Waals surface area (Å²) in [5.74, 6) is 0.392. The lowest BCUT2D eigenvalue weighted by Crippen LogP contribution is -2.26. The topological polar surface area (TPSA) is 9.23 Å². The monoisotopic (exact) mass is 452 g/mol. The fraction of sp³-hybridized carbons (Fsp3) is 0.310. The van der Waals surface area contributed by atoms with Crippen LogP contribution in [0.25, 0.3) is 17.2 Å². The van der Waals surface area contributed by atoms with Crippen LogP contribution in [0, 0.1) is 0 Å². The van der Waals surface area contributed by atoms with Crippen molar-refractivity contribution in [2.75, 3.05) is 6.61 Å². The molecule has 1 aliphatic heterocycles. The van der Waals surface area contributed by atoms with Gasteiger partial charge in [-0.2, -0.15) is 0 Å². The second-order valence-corrected chi connectivity index (χ2v) is 20.0. The van der Waals surface area contributed by atoms with Crippen LogP contribution in [0.2, 0.25) is 32.7 Å². The molecule has 32 heavy (non-hydrogen) atoms. The number of rotatable bonds is 5. The van der Waals surface area contributed by atoms with Crippen molar-refractivity contribution in [2.45, 2.75) is 51.5 Å². The van der Waals surface area contributed by atoms with Crippen molar-refractivity contribution in [1.29, 1.82) is 0 Å². The summed E-state index contributed by atoms with van der Waals surface area (Å²) in [6.07, 6.45) is 4.57. The molecule has 0 bridgehead atoms. The highest BCUT2D eigenvalue weighted by molar-refractivity contribution is 7.16. The van der Waals surface area contributed by atoms with Gasteiger partial charge >= 0.3 is 0 Å². The molecule has 3 aromatic rings. The normalized spacial score (nSPS) is 19.2. The van der Waals surface area contributed by atoms with Gasteiger partial charge in [-0.05, 0) is 71.4 Å². The molecule has 0 aromatic heterocycles. The Labute approximate surface area is 194 Å². The second-order valence-electron chi connectivity index (χ2n) is 11.2. The van der Waals surface area contributed by atoms with Crippen molar-refractivity contribution >= 4 is 32.8 Å². The Morgan fingerprint density at radius 3 is 2.53 bits per heavy atom. The smallest absolute Gasteiger partial charge is 0.183 e. The molecule has 1 unspecified atom stereocenters. The summed E-state index contributed by atoms with van der Waals surface area (Å²) in [6, 6.07) is 20.7. The molecule has 162 valence electrons. The van der Waals surface area contributed by atoms with Gasteiger partial charge in [-0.15, -0.1) is 0 Å². The highest BCUT2D eigenvalue weighted by Crippen LogP contribution is 2.49. The van der Waals surface area contributed by atoms with Crippen LogP contribution in [0.15, 0.2) is 60.2 Å². The van der Waals surface area contributed by atoms with Crippen molar-refractivity contribution in [3.05, 3.63) is 88.0 Å². The third-order valence-corrected chi connectivity index (χ3v) is 12.0. The zero-order valence-electron chi connectivity index (χ0n) is 19.9. The Balaban J connectivity index is 1.50. The first kappa shape index (κ1) is 20.4. The van der Waals surface area contributed by atoms with E-state index in [0.29, 0.717) is 5.92 Å². The first-order valence-corrected chi connectivity index (χ1v) is 18.4. The number of hydrogen-bond donors (Lipinski definition) is 0. The van der Waals surface area contributed by atoms with Gasteiger partial charge in [0.2, 0.25) is 0 Å². The van der Waals surface area contributed by atoms with E-state index in [1.54, 1.807) is 27.1 Å². The molecule has 3 aromatic carbocycles. The predicted octanol–water partition coefficient (Wildman–Crippen LogP) is 6.16. The van der Waals surface area contributed by atoms with E-state index in [1.165, 1.54) is 27.8 Å². The van der Waals surface area contributed by atoms with Crippen molar-refractivity contribution in [3.63, 3.8) is 0 Å². The van der Waals surface area contributed by atoms with E-state index in [1.807, 2.05) is 0 Å². The van der Waals surface area contributed by atoms with Gasteiger partial charge in [-0.25, -0.2) is 0 Å². The molecular weight excluding hydrogens is 420 g/mol. The van der Waals surface area contributed by atoms with E-state index in [-0.39, 0.29) is 0 Å². The van der Waals surface area contributed by atoms with Gasteiger partial charge in [-0.3, -0.25) is 0 Å². The Bertz CT molecular complexity index is 1290. The molecule has 6 rings (SSSR count). The third-order valence-electron chi connectivity index (χ3n) is 7.62. The minimum Gasteiger partial charge on any atom is -0.417 e. The average molecular weight is 453 g/mol. The predicted molar refractivity (Wildman–Crippen MR) is 142 cm³/mol. The molecule has 0 amide bonds. The minimum atomic E-state index is -1.51. The molecule has 0 N–H and O–H groups in total. The lowest BCUT2D eigenvalue weighted by Gasteiger charge is -2.23. The fourth-order valence-corrected chi connectivity index (χ4v) is 10.2. The van der Waals surface area contributed by atoms with E-state index in [0.717, 1.165) is 19.4 Å². The van der Waals surface area contributed by atoms with Gasteiger partial charge in [0.25, 0.3) is 0 Å². The van der Waals surface area contributed by atoms with Crippen molar-refractivity contribution < 1.29 is 4.43 Å². The molecule has 1 nitrogen and oxygen atoms in total. The van der Waals surface area contributed by atoms with Crippen molar-refractivity contribution in [2.24, 2.45) is 0 Å². The number of fused-ring (bicyclic) bond motifs is 5. The van der Waals surface area contributed by atoms with E-state index in [4.69, 9.17) is 4.43 Å². The van der Waals surface area contributed by atoms with Gasteiger partial charge in [0.1, 0.15) is 8.07 Å². The van der Waals surface area contributed by atoms with Crippen LogP contribution in [0.5, 0.6) is 0 Å². The standard InChI is InChI=1S/C29H32OSi2/c1-31(2,3)30-15-14-21-16-19-10-7-9-13-23(19)27(21)28-25-17-20-11-6-8-12-22(20)24(25)18-26-29(28)32(26,4)5/h6-13,16,18,27H,14-15,17H2,1-5H3. The lowest BCUT2D eigenvalue weighted by molar-refractivity contribution is 0.314. The van der Waals surface area contributed by atoms with Crippen molar-refractivity contribution in [1.82, 2.24) is 0 Å². The first-order valence-electron chi connectivity index (χ1n) is 12.0. The van der Waals surface area contributed by atoms with Crippen molar-refractivity contribution in [3.8, 4) is 11.1 Å². The Morgan fingerprint density at radius 2 is 1.72 bits per heavy atom. The van der Waals surface area contributed by atoms with Gasteiger partial charge in [0.15, 0.2) is 8.32 Å². The highest BCUT2D eigenvalue weighted by Gasteiger charge is 2.50. The Kier molecular flexibility index (Phi) is 4.40. The van der Waals surface area contributed by atoms with Crippen LogP contribution in [0.3, 0.4) is 0 Å². The maximum Gasteiger partial charge on any atom is 0.183 e. The summed E-state index contributed by atoms with van der Waals surface area (Å²) in [4.78, 5) is 0. The van der Waals surface area contributed by atoms with Gasteiger partial charge in [-0.1, -0.05) is 89.7 Å². The molecule has 3 aliphatic rings. The van der Waals surface area contributed by atoms with Crippen LogP contribution >= 0.6 is 0 Å². The highest BCUT2D eigenvalue weighted by atomic mass is 28.4. The van der Waals surface area contributed by atoms with Gasteiger partial charge in [0.05, 0.1) is 0 Å². The maximum atomic E-state index is 6.31. The molecule has 1 atom stereocenters. The van der Waals surface area contributed by atoms with E-state index < -0.39 is 16.4 Å². The quantitative estimate of drug-likeness (QED) is 0.329. The molecule has 0 saturated heterocycles.